The summed E-state index contributed by atoms with van der Waals surface area (Å²) in [6.07, 6.45) is 4.02. The highest BCUT2D eigenvalue weighted by Crippen LogP contribution is 2.42. The summed E-state index contributed by atoms with van der Waals surface area (Å²) in [5.74, 6) is 1.37. The summed E-state index contributed by atoms with van der Waals surface area (Å²) in [4.78, 5) is 18.1. The number of fused-ring (bicyclic) bond motifs is 1. The lowest BCUT2D eigenvalue weighted by molar-refractivity contribution is 0.284. The van der Waals surface area contributed by atoms with Gasteiger partial charge in [0.1, 0.15) is 17.5 Å². The van der Waals surface area contributed by atoms with Crippen LogP contribution < -0.4 is 15.0 Å². The van der Waals surface area contributed by atoms with Crippen molar-refractivity contribution in [2.75, 3.05) is 7.11 Å². The van der Waals surface area contributed by atoms with Gasteiger partial charge in [0.2, 0.25) is 0 Å². The van der Waals surface area contributed by atoms with Crippen LogP contribution in [0.2, 0.25) is 10.0 Å². The Bertz CT molecular complexity index is 1540. The van der Waals surface area contributed by atoms with Gasteiger partial charge in [-0.3, -0.25) is 4.79 Å². The van der Waals surface area contributed by atoms with Gasteiger partial charge < -0.3 is 9.47 Å². The number of hydrogen-bond acceptors (Lipinski definition) is 5. The number of hydrogen-bond donors (Lipinski definition) is 0. The van der Waals surface area contributed by atoms with Gasteiger partial charge in [-0.15, -0.1) is 0 Å². The Morgan fingerprint density at radius 2 is 1.92 bits per heavy atom. The van der Waals surface area contributed by atoms with E-state index in [9.17, 15) is 4.79 Å². The fourth-order valence-electron chi connectivity index (χ4n) is 3.68. The Morgan fingerprint density at radius 1 is 1.14 bits per heavy atom. The summed E-state index contributed by atoms with van der Waals surface area (Å²) in [6.45, 7) is 2.30. The number of methoxy groups -OCH3 is 1. The molecule has 0 saturated carbocycles. The highest BCUT2D eigenvalue weighted by atomic mass is 79.9. The van der Waals surface area contributed by atoms with E-state index in [2.05, 4.69) is 43.9 Å². The molecule has 0 unspecified atom stereocenters. The van der Waals surface area contributed by atoms with Crippen molar-refractivity contribution < 1.29 is 9.47 Å². The summed E-state index contributed by atoms with van der Waals surface area (Å²) in [7, 11) is 1.53. The van der Waals surface area contributed by atoms with Crippen molar-refractivity contribution in [3.05, 3.63) is 94.8 Å². The number of nitrogens with zero attached hydrogens (tertiary/aromatic N) is 3. The van der Waals surface area contributed by atoms with Crippen molar-refractivity contribution in [2.24, 2.45) is 5.10 Å². The van der Waals surface area contributed by atoms with Gasteiger partial charge in [0.25, 0.3) is 5.56 Å². The molecule has 1 heterocycles. The van der Waals surface area contributed by atoms with Gasteiger partial charge in [0, 0.05) is 31.5 Å². The maximum Gasteiger partial charge on any atom is 0.282 e. The molecule has 0 amide bonds. The number of ether oxygens (including phenoxy) is 2. The zero-order valence-electron chi connectivity index (χ0n) is 20.1. The van der Waals surface area contributed by atoms with E-state index in [-0.39, 0.29) is 12.2 Å². The molecule has 0 aliphatic carbocycles. The summed E-state index contributed by atoms with van der Waals surface area (Å²) < 4.78 is 14.2. The molecule has 37 heavy (non-hydrogen) atoms. The molecular formula is C27H23Br2Cl2N3O3. The normalized spacial score (nSPS) is 11.4. The van der Waals surface area contributed by atoms with Crippen LogP contribution in [0.3, 0.4) is 0 Å². The minimum absolute atomic E-state index is 0.212. The van der Waals surface area contributed by atoms with E-state index in [1.54, 1.807) is 24.4 Å². The summed E-state index contributed by atoms with van der Waals surface area (Å²) in [5.41, 5.74) is 1.81. The SMILES string of the molecule is CCCCc1nc2ccc(Br)cc2c(=O)n1N=Cc1cc(OC)c(OCc2ccccc2Cl)c(Cl)c1Br. The number of rotatable bonds is 9. The zero-order chi connectivity index (χ0) is 26.5. The molecule has 4 rings (SSSR count). The van der Waals surface area contributed by atoms with E-state index in [4.69, 9.17) is 37.7 Å². The van der Waals surface area contributed by atoms with Crippen LogP contribution in [0, 0.1) is 0 Å². The van der Waals surface area contributed by atoms with Crippen LogP contribution in [0.15, 0.2) is 67.4 Å². The van der Waals surface area contributed by atoms with E-state index < -0.39 is 0 Å². The minimum atomic E-state index is -0.248. The first kappa shape index (κ1) is 27.6. The molecule has 1 aromatic heterocycles. The number of benzene rings is 3. The molecule has 0 fully saturated rings. The van der Waals surface area contributed by atoms with Crippen molar-refractivity contribution in [3.63, 3.8) is 0 Å². The predicted octanol–water partition coefficient (Wildman–Crippen LogP) is 8.04. The standard InChI is InChI=1S/C27H23Br2Cl2N3O3/c1-3-4-9-23-33-21-11-10-18(28)13-19(21)27(35)34(23)32-14-17-12-22(36-2)26(25(31)24(17)29)37-15-16-7-5-6-8-20(16)30/h5-8,10-14H,3-4,9,15H2,1-2H3. The third kappa shape index (κ3) is 6.20. The highest BCUT2D eigenvalue weighted by molar-refractivity contribution is 9.10. The molecule has 10 heteroatoms. The van der Waals surface area contributed by atoms with Crippen LogP contribution in [0.25, 0.3) is 10.9 Å². The monoisotopic (exact) mass is 665 g/mol. The predicted molar refractivity (Wildman–Crippen MR) is 157 cm³/mol. The molecule has 0 atom stereocenters. The van der Waals surface area contributed by atoms with Crippen molar-refractivity contribution in [1.29, 1.82) is 0 Å². The number of aryl methyl sites for hydroxylation is 1. The lowest BCUT2D eigenvalue weighted by Crippen LogP contribution is -2.22. The van der Waals surface area contributed by atoms with Gasteiger partial charge >= 0.3 is 0 Å². The van der Waals surface area contributed by atoms with E-state index >= 15 is 0 Å². The van der Waals surface area contributed by atoms with Gasteiger partial charge in [-0.1, -0.05) is 70.7 Å². The Labute approximate surface area is 241 Å². The molecule has 3 aromatic carbocycles. The highest BCUT2D eigenvalue weighted by Gasteiger charge is 2.18. The Kier molecular flexibility index (Phi) is 9.29. The van der Waals surface area contributed by atoms with Crippen LogP contribution in [-0.2, 0) is 13.0 Å². The van der Waals surface area contributed by atoms with Gasteiger partial charge in [-0.25, -0.2) is 4.98 Å². The Hall–Kier alpha value is -2.39. The second-order valence-corrected chi connectivity index (χ2v) is 10.7. The lowest BCUT2D eigenvalue weighted by Gasteiger charge is -2.15. The molecule has 6 nitrogen and oxygen atoms in total. The fraction of sp³-hybridized carbons (Fsp3) is 0.222. The average molecular weight is 668 g/mol. The van der Waals surface area contributed by atoms with E-state index in [1.807, 2.05) is 30.3 Å². The molecule has 192 valence electrons. The first-order valence-electron chi connectivity index (χ1n) is 11.5. The quantitative estimate of drug-likeness (QED) is 0.170. The van der Waals surface area contributed by atoms with Crippen LogP contribution >= 0.6 is 55.1 Å². The topological polar surface area (TPSA) is 65.7 Å². The molecule has 0 aliphatic heterocycles. The smallest absolute Gasteiger partial charge is 0.282 e. The number of aromatic nitrogens is 2. The maximum absolute atomic E-state index is 13.4. The zero-order valence-corrected chi connectivity index (χ0v) is 24.8. The summed E-state index contributed by atoms with van der Waals surface area (Å²) in [6, 6.07) is 14.6. The van der Waals surface area contributed by atoms with Crippen molar-refractivity contribution >= 4 is 72.2 Å². The number of unbranched alkanes of at least 4 members (excludes halogenated alkanes) is 1. The third-order valence-corrected chi connectivity index (χ3v) is 7.95. The van der Waals surface area contributed by atoms with Crippen molar-refractivity contribution in [3.8, 4) is 11.5 Å². The molecule has 0 N–H and O–H groups in total. The van der Waals surface area contributed by atoms with E-state index in [0.29, 0.717) is 54.7 Å². The molecular weight excluding hydrogens is 645 g/mol. The average Bonchev–Trinajstić information content (AvgIpc) is 2.89. The molecule has 0 aliphatic rings. The van der Waals surface area contributed by atoms with Gasteiger partial charge in [-0.2, -0.15) is 9.78 Å². The molecule has 0 spiro atoms. The molecule has 4 aromatic rings. The Morgan fingerprint density at radius 3 is 2.65 bits per heavy atom. The second-order valence-electron chi connectivity index (χ2n) is 8.16. The van der Waals surface area contributed by atoms with E-state index in [1.165, 1.54) is 11.8 Å². The molecule has 0 bridgehead atoms. The fourth-order valence-corrected chi connectivity index (χ4v) is 4.89. The van der Waals surface area contributed by atoms with Gasteiger partial charge in [-0.05, 0) is 52.7 Å². The van der Waals surface area contributed by atoms with Crippen LogP contribution in [-0.4, -0.2) is 23.0 Å². The number of halogens is 4. The van der Waals surface area contributed by atoms with Crippen molar-refractivity contribution in [2.45, 2.75) is 32.8 Å². The third-order valence-electron chi connectivity index (χ3n) is 5.65. The first-order chi connectivity index (χ1) is 17.8. The molecule has 0 saturated heterocycles. The maximum atomic E-state index is 13.4. The van der Waals surface area contributed by atoms with Crippen molar-refractivity contribution in [1.82, 2.24) is 9.66 Å². The van der Waals surface area contributed by atoms with Crippen LogP contribution in [0.1, 0.15) is 36.7 Å². The van der Waals surface area contributed by atoms with Gasteiger partial charge in [0.15, 0.2) is 11.5 Å². The second kappa shape index (κ2) is 12.4. The van der Waals surface area contributed by atoms with Crippen LogP contribution in [0.4, 0.5) is 0 Å². The largest absolute Gasteiger partial charge is 0.493 e. The van der Waals surface area contributed by atoms with E-state index in [0.717, 1.165) is 22.9 Å². The summed E-state index contributed by atoms with van der Waals surface area (Å²) in [5, 5.41) is 5.91. The van der Waals surface area contributed by atoms with Gasteiger partial charge in [0.05, 0.1) is 24.2 Å². The lowest BCUT2D eigenvalue weighted by atomic mass is 10.2. The van der Waals surface area contributed by atoms with Crippen LogP contribution in [0.5, 0.6) is 11.5 Å². The minimum Gasteiger partial charge on any atom is -0.493 e. The molecule has 0 radical (unpaired) electrons. The first-order valence-corrected chi connectivity index (χ1v) is 13.9. The Balaban J connectivity index is 1.73. The summed E-state index contributed by atoms with van der Waals surface area (Å²) >= 11 is 19.9.